The predicted molar refractivity (Wildman–Crippen MR) is 76.6 cm³/mol. The van der Waals surface area contributed by atoms with E-state index in [0.717, 1.165) is 17.8 Å². The van der Waals surface area contributed by atoms with Gasteiger partial charge in [-0.1, -0.05) is 28.8 Å². The van der Waals surface area contributed by atoms with Gasteiger partial charge >= 0.3 is 0 Å². The molecule has 18 heavy (non-hydrogen) atoms. The highest BCUT2D eigenvalue weighted by Gasteiger charge is 2.22. The van der Waals surface area contributed by atoms with Gasteiger partial charge in [0.05, 0.1) is 6.61 Å². The van der Waals surface area contributed by atoms with Crippen LogP contribution < -0.4 is 9.64 Å². The lowest BCUT2D eigenvalue weighted by atomic mass is 10.1. The highest BCUT2D eigenvalue weighted by atomic mass is 79.9. The predicted octanol–water partition coefficient (Wildman–Crippen LogP) is 3.02. The van der Waals surface area contributed by atoms with Gasteiger partial charge in [-0.3, -0.25) is 0 Å². The van der Waals surface area contributed by atoms with Crippen LogP contribution in [-0.4, -0.2) is 34.5 Å². The summed E-state index contributed by atoms with van der Waals surface area (Å²) < 4.78 is 5.45. The van der Waals surface area contributed by atoms with E-state index in [1.165, 1.54) is 25.7 Å². The lowest BCUT2D eigenvalue weighted by Crippen LogP contribution is -2.37. The van der Waals surface area contributed by atoms with Crippen LogP contribution in [0.2, 0.25) is 0 Å². The molecule has 2 heterocycles. The van der Waals surface area contributed by atoms with Crippen molar-refractivity contribution < 1.29 is 4.74 Å². The number of hydrogen-bond acceptors (Lipinski definition) is 4. The summed E-state index contributed by atoms with van der Waals surface area (Å²) in [6, 6.07) is 2.30. The Balaban J connectivity index is 2.18. The van der Waals surface area contributed by atoms with E-state index in [4.69, 9.17) is 4.74 Å². The van der Waals surface area contributed by atoms with Crippen LogP contribution in [0.15, 0.2) is 12.3 Å². The molecule has 0 bridgehead atoms. The Bertz CT molecular complexity index is 375. The molecule has 4 nitrogen and oxygen atoms in total. The van der Waals surface area contributed by atoms with Gasteiger partial charge in [0.1, 0.15) is 0 Å². The monoisotopic (exact) mass is 313 g/mol. The summed E-state index contributed by atoms with van der Waals surface area (Å²) in [5, 5.41) is 0.967. The lowest BCUT2D eigenvalue weighted by Gasteiger charge is -2.28. The van der Waals surface area contributed by atoms with E-state index in [9.17, 15) is 0 Å². The first-order valence-corrected chi connectivity index (χ1v) is 7.75. The van der Waals surface area contributed by atoms with Crippen LogP contribution in [0.25, 0.3) is 0 Å². The molecule has 2 rings (SSSR count). The smallest absolute Gasteiger partial charge is 0.228 e. The van der Waals surface area contributed by atoms with Gasteiger partial charge < -0.3 is 9.64 Å². The van der Waals surface area contributed by atoms with Gasteiger partial charge in [0.2, 0.25) is 11.8 Å². The van der Waals surface area contributed by atoms with Gasteiger partial charge in [0.25, 0.3) is 0 Å². The SMILES string of the molecule is CCOc1ccnc(N2CCCCCC2CBr)n1. The highest BCUT2D eigenvalue weighted by molar-refractivity contribution is 9.09. The first kappa shape index (κ1) is 13.6. The summed E-state index contributed by atoms with van der Waals surface area (Å²) in [7, 11) is 0. The second kappa shape index (κ2) is 6.92. The third-order valence-electron chi connectivity index (χ3n) is 3.22. The number of anilines is 1. The standard InChI is InChI=1S/C13H20BrN3O/c1-2-18-12-7-8-15-13(16-12)17-9-5-3-4-6-11(17)10-14/h7-8,11H,2-6,9-10H2,1H3. The van der Waals surface area contributed by atoms with Gasteiger partial charge in [-0.2, -0.15) is 4.98 Å². The number of aromatic nitrogens is 2. The minimum atomic E-state index is 0.490. The number of rotatable bonds is 4. The fourth-order valence-corrected chi connectivity index (χ4v) is 2.97. The minimum absolute atomic E-state index is 0.490. The molecule has 1 aliphatic rings. The molecule has 1 aromatic heterocycles. The van der Waals surface area contributed by atoms with Gasteiger partial charge in [-0.15, -0.1) is 0 Å². The van der Waals surface area contributed by atoms with Crippen molar-refractivity contribution in [2.24, 2.45) is 0 Å². The Hall–Kier alpha value is -0.840. The number of halogens is 1. The number of alkyl halides is 1. The largest absolute Gasteiger partial charge is 0.478 e. The number of nitrogens with zero attached hydrogens (tertiary/aromatic N) is 3. The molecule has 0 aliphatic carbocycles. The zero-order valence-electron chi connectivity index (χ0n) is 10.8. The maximum Gasteiger partial charge on any atom is 0.228 e. The summed E-state index contributed by atoms with van der Waals surface area (Å²) >= 11 is 3.60. The van der Waals surface area contributed by atoms with Gasteiger partial charge in [-0.05, 0) is 19.8 Å². The third-order valence-corrected chi connectivity index (χ3v) is 3.97. The van der Waals surface area contributed by atoms with Gasteiger partial charge in [0.15, 0.2) is 0 Å². The van der Waals surface area contributed by atoms with Crippen molar-refractivity contribution in [2.45, 2.75) is 38.6 Å². The van der Waals surface area contributed by atoms with Crippen molar-refractivity contribution in [1.82, 2.24) is 9.97 Å². The van der Waals surface area contributed by atoms with E-state index in [1.54, 1.807) is 6.20 Å². The van der Waals surface area contributed by atoms with Crippen molar-refractivity contribution >= 4 is 21.9 Å². The Morgan fingerprint density at radius 2 is 2.33 bits per heavy atom. The van der Waals surface area contributed by atoms with E-state index < -0.39 is 0 Å². The number of ether oxygens (including phenoxy) is 1. The molecule has 0 amide bonds. The summed E-state index contributed by atoms with van der Waals surface area (Å²) in [5.41, 5.74) is 0. The van der Waals surface area contributed by atoms with Crippen molar-refractivity contribution in [3.05, 3.63) is 12.3 Å². The average Bonchev–Trinajstić information content (AvgIpc) is 2.64. The van der Waals surface area contributed by atoms with Crippen LogP contribution >= 0.6 is 15.9 Å². The van der Waals surface area contributed by atoms with Gasteiger partial charge in [0, 0.05) is 30.2 Å². The maximum atomic E-state index is 5.45. The van der Waals surface area contributed by atoms with Crippen LogP contribution in [0.3, 0.4) is 0 Å². The van der Waals surface area contributed by atoms with Crippen molar-refractivity contribution in [3.8, 4) is 5.88 Å². The molecule has 1 aliphatic heterocycles. The summed E-state index contributed by atoms with van der Waals surface area (Å²) in [5.74, 6) is 1.47. The summed E-state index contributed by atoms with van der Waals surface area (Å²) in [4.78, 5) is 11.2. The fourth-order valence-electron chi connectivity index (χ4n) is 2.30. The summed E-state index contributed by atoms with van der Waals surface area (Å²) in [6.07, 6.45) is 6.78. The second-order valence-corrected chi connectivity index (χ2v) is 5.13. The molecular formula is C13H20BrN3O. The summed E-state index contributed by atoms with van der Waals surface area (Å²) in [6.45, 7) is 3.64. The zero-order chi connectivity index (χ0) is 12.8. The second-order valence-electron chi connectivity index (χ2n) is 4.48. The maximum absolute atomic E-state index is 5.45. The zero-order valence-corrected chi connectivity index (χ0v) is 12.4. The Kier molecular flexibility index (Phi) is 5.23. The van der Waals surface area contributed by atoms with Crippen LogP contribution in [0.4, 0.5) is 5.95 Å². The van der Waals surface area contributed by atoms with E-state index in [2.05, 4.69) is 30.8 Å². The molecule has 0 saturated carbocycles. The molecule has 1 unspecified atom stereocenters. The average molecular weight is 314 g/mol. The molecule has 1 fully saturated rings. The Morgan fingerprint density at radius 1 is 1.44 bits per heavy atom. The normalized spacial score (nSPS) is 20.6. The molecule has 1 atom stereocenters. The Morgan fingerprint density at radius 3 is 3.11 bits per heavy atom. The van der Waals surface area contributed by atoms with Crippen LogP contribution in [-0.2, 0) is 0 Å². The van der Waals surface area contributed by atoms with Crippen LogP contribution in [0, 0.1) is 0 Å². The Labute approximate surface area is 117 Å². The van der Waals surface area contributed by atoms with Crippen molar-refractivity contribution in [3.63, 3.8) is 0 Å². The first-order chi connectivity index (χ1) is 8.85. The van der Waals surface area contributed by atoms with E-state index in [-0.39, 0.29) is 0 Å². The van der Waals surface area contributed by atoms with E-state index in [0.29, 0.717) is 18.5 Å². The highest BCUT2D eigenvalue weighted by Crippen LogP contribution is 2.23. The van der Waals surface area contributed by atoms with Gasteiger partial charge in [-0.25, -0.2) is 4.98 Å². The van der Waals surface area contributed by atoms with Crippen LogP contribution in [0.1, 0.15) is 32.6 Å². The lowest BCUT2D eigenvalue weighted by molar-refractivity contribution is 0.326. The molecule has 5 heteroatoms. The molecule has 0 aromatic carbocycles. The molecule has 0 spiro atoms. The first-order valence-electron chi connectivity index (χ1n) is 6.63. The molecule has 100 valence electrons. The molecule has 0 N–H and O–H groups in total. The fraction of sp³-hybridized carbons (Fsp3) is 0.692. The topological polar surface area (TPSA) is 38.2 Å². The minimum Gasteiger partial charge on any atom is -0.478 e. The molecule has 1 saturated heterocycles. The van der Waals surface area contributed by atoms with E-state index in [1.807, 2.05) is 13.0 Å². The van der Waals surface area contributed by atoms with Crippen LogP contribution in [0.5, 0.6) is 5.88 Å². The quantitative estimate of drug-likeness (QED) is 0.801. The molecule has 1 aromatic rings. The van der Waals surface area contributed by atoms with Crippen molar-refractivity contribution in [2.75, 3.05) is 23.4 Å². The molecular weight excluding hydrogens is 294 g/mol. The third kappa shape index (κ3) is 3.34. The molecule has 0 radical (unpaired) electrons. The van der Waals surface area contributed by atoms with Crippen molar-refractivity contribution in [1.29, 1.82) is 0 Å². The van der Waals surface area contributed by atoms with E-state index >= 15 is 0 Å². The number of hydrogen-bond donors (Lipinski definition) is 0.